The molecule has 0 N–H and O–H groups in total. The normalized spacial score (nSPS) is 16.4. The molecule has 4 heterocycles. The third kappa shape index (κ3) is 3.32. The van der Waals surface area contributed by atoms with Crippen molar-refractivity contribution >= 4 is 16.9 Å². The number of rotatable bonds is 4. The van der Waals surface area contributed by atoms with Gasteiger partial charge in [0.25, 0.3) is 5.91 Å². The molecule has 1 aliphatic heterocycles. The molecule has 1 aromatic carbocycles. The second-order valence-corrected chi connectivity index (χ2v) is 8.36. The summed E-state index contributed by atoms with van der Waals surface area (Å²) >= 11 is 0. The molecular weight excluding hydrogens is 386 g/mol. The van der Waals surface area contributed by atoms with Gasteiger partial charge in [0.15, 0.2) is 0 Å². The Labute approximate surface area is 182 Å². The minimum atomic E-state index is 0.111. The number of carbonyl (C=O) groups is 1. The maximum Gasteiger partial charge on any atom is 0.256 e. The van der Waals surface area contributed by atoms with Gasteiger partial charge in [-0.05, 0) is 63.9 Å². The van der Waals surface area contributed by atoms with E-state index in [-0.39, 0.29) is 11.9 Å². The number of benzene rings is 1. The van der Waals surface area contributed by atoms with Crippen molar-refractivity contribution in [1.29, 1.82) is 0 Å². The molecule has 1 amide bonds. The van der Waals surface area contributed by atoms with E-state index in [0.717, 1.165) is 65.6 Å². The van der Waals surface area contributed by atoms with Crippen molar-refractivity contribution in [3.05, 3.63) is 77.5 Å². The summed E-state index contributed by atoms with van der Waals surface area (Å²) < 4.78 is 4.31. The van der Waals surface area contributed by atoms with E-state index < -0.39 is 0 Å². The number of likely N-dealkylation sites (tertiary alicyclic amines) is 1. The van der Waals surface area contributed by atoms with E-state index in [9.17, 15) is 4.79 Å². The van der Waals surface area contributed by atoms with Crippen LogP contribution < -0.4 is 0 Å². The fraction of sp³-hybridized carbons (Fsp3) is 0.320. The van der Waals surface area contributed by atoms with Gasteiger partial charge in [-0.2, -0.15) is 0 Å². The van der Waals surface area contributed by atoms with Crippen LogP contribution in [0.3, 0.4) is 0 Å². The largest absolute Gasteiger partial charge is 0.334 e. The van der Waals surface area contributed by atoms with Crippen molar-refractivity contribution in [2.75, 3.05) is 6.54 Å². The molecule has 1 fully saturated rings. The first-order valence-electron chi connectivity index (χ1n) is 10.9. The minimum Gasteiger partial charge on any atom is -0.334 e. The van der Waals surface area contributed by atoms with E-state index in [1.165, 1.54) is 0 Å². The van der Waals surface area contributed by atoms with Gasteiger partial charge in [0.2, 0.25) is 0 Å². The first-order valence-corrected chi connectivity index (χ1v) is 10.9. The van der Waals surface area contributed by atoms with Gasteiger partial charge in [0, 0.05) is 30.7 Å². The van der Waals surface area contributed by atoms with Crippen molar-refractivity contribution in [3.8, 4) is 5.82 Å². The molecule has 158 valence electrons. The first kappa shape index (κ1) is 19.5. The van der Waals surface area contributed by atoms with Crippen LogP contribution in [0.5, 0.6) is 0 Å². The number of aromatic nitrogens is 4. The lowest BCUT2D eigenvalue weighted by Crippen LogP contribution is -2.38. The fourth-order valence-corrected chi connectivity index (χ4v) is 4.90. The molecule has 31 heavy (non-hydrogen) atoms. The number of imidazole rings is 1. The number of amides is 1. The first-order chi connectivity index (χ1) is 15.0. The third-order valence-electron chi connectivity index (χ3n) is 6.42. The van der Waals surface area contributed by atoms with E-state index in [1.807, 2.05) is 63.2 Å². The Balaban J connectivity index is 1.45. The van der Waals surface area contributed by atoms with Crippen molar-refractivity contribution in [2.45, 2.75) is 46.2 Å². The van der Waals surface area contributed by atoms with Crippen LogP contribution in [0.4, 0.5) is 0 Å². The van der Waals surface area contributed by atoms with Crippen molar-refractivity contribution in [2.24, 2.45) is 0 Å². The highest BCUT2D eigenvalue weighted by molar-refractivity contribution is 5.96. The van der Waals surface area contributed by atoms with Crippen LogP contribution in [0.15, 0.2) is 54.7 Å². The molecule has 6 nitrogen and oxygen atoms in total. The van der Waals surface area contributed by atoms with Gasteiger partial charge >= 0.3 is 0 Å². The van der Waals surface area contributed by atoms with E-state index in [4.69, 9.17) is 4.98 Å². The minimum absolute atomic E-state index is 0.111. The number of fused-ring (bicyclic) bond motifs is 1. The molecule has 0 radical (unpaired) electrons. The predicted octanol–water partition coefficient (Wildman–Crippen LogP) is 4.45. The molecule has 0 bridgehead atoms. The fourth-order valence-electron chi connectivity index (χ4n) is 4.90. The van der Waals surface area contributed by atoms with Gasteiger partial charge < -0.3 is 14.0 Å². The molecule has 0 spiro atoms. The zero-order valence-electron chi connectivity index (χ0n) is 18.2. The number of para-hydroxylation sites is 2. The second-order valence-electron chi connectivity index (χ2n) is 8.36. The van der Waals surface area contributed by atoms with E-state index in [1.54, 1.807) is 6.20 Å². The van der Waals surface area contributed by atoms with E-state index in [0.29, 0.717) is 0 Å². The Morgan fingerprint density at radius 3 is 2.71 bits per heavy atom. The van der Waals surface area contributed by atoms with Gasteiger partial charge in [0.1, 0.15) is 11.6 Å². The molecule has 6 heteroatoms. The molecule has 0 unspecified atom stereocenters. The summed E-state index contributed by atoms with van der Waals surface area (Å²) in [6.07, 6.45) is 3.82. The van der Waals surface area contributed by atoms with E-state index in [2.05, 4.69) is 25.1 Å². The monoisotopic (exact) mass is 413 g/mol. The Bertz CT molecular complexity index is 1250. The van der Waals surface area contributed by atoms with E-state index >= 15 is 0 Å². The van der Waals surface area contributed by atoms with Gasteiger partial charge in [-0.15, -0.1) is 0 Å². The van der Waals surface area contributed by atoms with Gasteiger partial charge in [-0.25, -0.2) is 9.97 Å². The van der Waals surface area contributed by atoms with Gasteiger partial charge in [0.05, 0.1) is 22.6 Å². The topological polar surface area (TPSA) is 56.0 Å². The molecule has 1 aliphatic rings. The Morgan fingerprint density at radius 1 is 1.10 bits per heavy atom. The van der Waals surface area contributed by atoms with Crippen molar-refractivity contribution in [1.82, 2.24) is 24.0 Å². The van der Waals surface area contributed by atoms with Crippen LogP contribution >= 0.6 is 0 Å². The number of aryl methyl sites for hydroxylation is 2. The summed E-state index contributed by atoms with van der Waals surface area (Å²) in [5, 5.41) is 0. The van der Waals surface area contributed by atoms with Crippen LogP contribution in [-0.2, 0) is 6.54 Å². The summed E-state index contributed by atoms with van der Waals surface area (Å²) in [7, 11) is 0. The predicted molar refractivity (Wildman–Crippen MR) is 122 cm³/mol. The molecule has 0 aliphatic carbocycles. The lowest BCUT2D eigenvalue weighted by molar-refractivity contribution is 0.0724. The third-order valence-corrected chi connectivity index (χ3v) is 6.42. The molecule has 0 saturated carbocycles. The quantitative estimate of drug-likeness (QED) is 0.497. The summed E-state index contributed by atoms with van der Waals surface area (Å²) in [6, 6.07) is 16.2. The van der Waals surface area contributed by atoms with Gasteiger partial charge in [-0.3, -0.25) is 4.79 Å². The summed E-state index contributed by atoms with van der Waals surface area (Å²) in [6.45, 7) is 7.65. The van der Waals surface area contributed by atoms with Crippen LogP contribution in [-0.4, -0.2) is 42.5 Å². The molecule has 1 atom stereocenters. The number of nitrogens with zero attached hydrogens (tertiary/aromatic N) is 5. The average Bonchev–Trinajstić information content (AvgIpc) is 3.45. The van der Waals surface area contributed by atoms with Crippen LogP contribution in [0.1, 0.15) is 40.4 Å². The molecular formula is C25H27N5O. The molecule has 3 aromatic heterocycles. The highest BCUT2D eigenvalue weighted by Crippen LogP contribution is 2.27. The highest BCUT2D eigenvalue weighted by atomic mass is 16.2. The SMILES string of the molecule is Cc1cc(C(=O)N2CCC[C@@H]2Cn2c(C)nc3ccccc32)c(C)n1-c1ccccn1. The lowest BCUT2D eigenvalue weighted by atomic mass is 10.1. The molecule has 1 saturated heterocycles. The van der Waals surface area contributed by atoms with Crippen LogP contribution in [0, 0.1) is 20.8 Å². The highest BCUT2D eigenvalue weighted by Gasteiger charge is 2.32. The lowest BCUT2D eigenvalue weighted by Gasteiger charge is -2.26. The molecule has 4 aromatic rings. The number of pyridine rings is 1. The number of hydrogen-bond donors (Lipinski definition) is 0. The van der Waals surface area contributed by atoms with Crippen LogP contribution in [0.25, 0.3) is 16.9 Å². The standard InChI is InChI=1S/C25H27N5O/c1-17-15-21(18(2)30(17)24-12-6-7-13-26-24)25(31)28-14-8-9-20(28)16-29-19(3)27-22-10-4-5-11-23(22)29/h4-7,10-13,15,20H,8-9,14,16H2,1-3H3/t20-/m1/s1. The Hall–Kier alpha value is -3.41. The summed E-state index contributed by atoms with van der Waals surface area (Å²) in [5.41, 5.74) is 4.87. The zero-order valence-corrected chi connectivity index (χ0v) is 18.2. The van der Waals surface area contributed by atoms with Crippen molar-refractivity contribution in [3.63, 3.8) is 0 Å². The number of carbonyl (C=O) groups excluding carboxylic acids is 1. The Morgan fingerprint density at radius 2 is 1.90 bits per heavy atom. The van der Waals surface area contributed by atoms with Crippen LogP contribution in [0.2, 0.25) is 0 Å². The maximum absolute atomic E-state index is 13.6. The zero-order chi connectivity index (χ0) is 21.5. The van der Waals surface area contributed by atoms with Gasteiger partial charge in [-0.1, -0.05) is 18.2 Å². The smallest absolute Gasteiger partial charge is 0.256 e. The Kier molecular flexibility index (Phi) is 4.85. The maximum atomic E-state index is 13.6. The number of hydrogen-bond acceptors (Lipinski definition) is 3. The summed E-state index contributed by atoms with van der Waals surface area (Å²) in [5.74, 6) is 1.95. The summed E-state index contributed by atoms with van der Waals surface area (Å²) in [4.78, 5) is 24.8. The molecule has 5 rings (SSSR count). The second kappa shape index (κ2) is 7.69. The average molecular weight is 414 g/mol. The van der Waals surface area contributed by atoms with Crippen molar-refractivity contribution < 1.29 is 4.79 Å².